The number of hydrogen-bond acceptors (Lipinski definition) is 4. The van der Waals surface area contributed by atoms with E-state index in [4.69, 9.17) is 5.84 Å². The Morgan fingerprint density at radius 1 is 1.57 bits per heavy atom. The van der Waals surface area contributed by atoms with Gasteiger partial charge in [0.15, 0.2) is 5.78 Å². The van der Waals surface area contributed by atoms with E-state index in [1.807, 2.05) is 12.3 Å². The van der Waals surface area contributed by atoms with E-state index >= 15 is 0 Å². The maximum Gasteiger partial charge on any atom is 0.266 e. The summed E-state index contributed by atoms with van der Waals surface area (Å²) in [5.74, 6) is 4.61. The summed E-state index contributed by atoms with van der Waals surface area (Å²) in [6.45, 7) is 2.56. The molecule has 0 atom stereocenters. The number of hydrogen-bond donors (Lipinski definition) is 3. The van der Waals surface area contributed by atoms with Crippen molar-refractivity contribution in [3.8, 4) is 0 Å². The molecule has 0 saturated carbocycles. The van der Waals surface area contributed by atoms with E-state index in [-0.39, 0.29) is 18.1 Å². The van der Waals surface area contributed by atoms with Crippen LogP contribution >= 0.6 is 0 Å². The monoisotopic (exact) mass is 195 g/mol. The van der Waals surface area contributed by atoms with Gasteiger partial charge in [-0.1, -0.05) is 0 Å². The second-order valence-corrected chi connectivity index (χ2v) is 2.87. The van der Waals surface area contributed by atoms with Crippen LogP contribution in [0, 0.1) is 0 Å². The van der Waals surface area contributed by atoms with Crippen molar-refractivity contribution in [3.63, 3.8) is 0 Å². The number of hydrazine groups is 1. The van der Waals surface area contributed by atoms with Crippen LogP contribution in [-0.2, 0) is 9.59 Å². The molecule has 0 saturated heterocycles. The van der Waals surface area contributed by atoms with E-state index in [2.05, 4.69) is 5.32 Å². The zero-order chi connectivity index (χ0) is 10.6. The normalized spacial score (nSPS) is 15.7. The summed E-state index contributed by atoms with van der Waals surface area (Å²) in [4.78, 5) is 22.3. The highest BCUT2D eigenvalue weighted by atomic mass is 16.2. The number of allylic oxidation sites excluding steroid dienone is 2. The van der Waals surface area contributed by atoms with Gasteiger partial charge in [-0.2, -0.15) is 0 Å². The molecule has 0 spiro atoms. The van der Waals surface area contributed by atoms with Crippen molar-refractivity contribution in [1.29, 1.82) is 0 Å². The highest BCUT2D eigenvalue weighted by Gasteiger charge is 2.17. The van der Waals surface area contributed by atoms with Gasteiger partial charge in [0.2, 0.25) is 0 Å². The van der Waals surface area contributed by atoms with Gasteiger partial charge in [-0.05, 0) is 19.1 Å². The van der Waals surface area contributed by atoms with Gasteiger partial charge in [-0.3, -0.25) is 15.0 Å². The fraction of sp³-hybridized carbons (Fsp3) is 0.333. The molecule has 1 amide bonds. The molecular formula is C9H13N3O2. The summed E-state index contributed by atoms with van der Waals surface area (Å²) in [6, 6.07) is 0. The van der Waals surface area contributed by atoms with Crippen molar-refractivity contribution in [2.75, 3.05) is 6.54 Å². The van der Waals surface area contributed by atoms with Crippen molar-refractivity contribution >= 4 is 11.7 Å². The number of ketones is 1. The van der Waals surface area contributed by atoms with E-state index in [0.717, 1.165) is 0 Å². The van der Waals surface area contributed by atoms with Crippen LogP contribution in [0.4, 0.5) is 0 Å². The third kappa shape index (κ3) is 2.20. The first-order chi connectivity index (χ1) is 6.69. The van der Waals surface area contributed by atoms with Gasteiger partial charge in [0.05, 0.1) is 12.0 Å². The van der Waals surface area contributed by atoms with E-state index in [0.29, 0.717) is 17.8 Å². The first-order valence-corrected chi connectivity index (χ1v) is 4.38. The number of amides is 1. The van der Waals surface area contributed by atoms with Crippen molar-refractivity contribution in [2.45, 2.75) is 13.3 Å². The Labute approximate surface area is 82.0 Å². The first kappa shape index (κ1) is 10.5. The largest absolute Gasteiger partial charge is 0.388 e. The Balaban J connectivity index is 2.94. The molecule has 1 rings (SSSR count). The highest BCUT2D eigenvalue weighted by molar-refractivity contribution is 6.03. The fourth-order valence-corrected chi connectivity index (χ4v) is 1.27. The maximum absolute atomic E-state index is 11.3. The minimum atomic E-state index is -0.385. The highest BCUT2D eigenvalue weighted by Crippen LogP contribution is 2.14. The molecule has 0 aromatic heterocycles. The van der Waals surface area contributed by atoms with Gasteiger partial charge in [0, 0.05) is 12.2 Å². The fourth-order valence-electron chi connectivity index (χ4n) is 1.27. The lowest BCUT2D eigenvalue weighted by atomic mass is 10.0. The molecule has 76 valence electrons. The second-order valence-electron chi connectivity index (χ2n) is 2.87. The Morgan fingerprint density at radius 3 is 2.86 bits per heavy atom. The SMILES string of the molecule is CCNC1=C(C(=O)NN)C=CC(=O)C1. The van der Waals surface area contributed by atoms with Crippen LogP contribution in [-0.4, -0.2) is 18.2 Å². The summed E-state index contributed by atoms with van der Waals surface area (Å²) in [5.41, 5.74) is 3.09. The van der Waals surface area contributed by atoms with Crippen LogP contribution in [0.1, 0.15) is 13.3 Å². The van der Waals surface area contributed by atoms with Crippen LogP contribution in [0.3, 0.4) is 0 Å². The third-order valence-electron chi connectivity index (χ3n) is 1.88. The summed E-state index contributed by atoms with van der Waals surface area (Å²) in [6.07, 6.45) is 3.09. The Hall–Kier alpha value is -1.62. The lowest BCUT2D eigenvalue weighted by molar-refractivity contribution is -0.117. The van der Waals surface area contributed by atoms with Gasteiger partial charge >= 0.3 is 0 Å². The predicted octanol–water partition coefficient (Wildman–Crippen LogP) is -0.631. The third-order valence-corrected chi connectivity index (χ3v) is 1.88. The summed E-state index contributed by atoms with van der Waals surface area (Å²) in [5, 5.41) is 2.97. The van der Waals surface area contributed by atoms with Gasteiger partial charge in [0.25, 0.3) is 5.91 Å². The quantitative estimate of drug-likeness (QED) is 0.318. The molecule has 1 aliphatic rings. The molecule has 0 aliphatic heterocycles. The van der Waals surface area contributed by atoms with E-state index in [9.17, 15) is 9.59 Å². The number of nitrogens with one attached hydrogen (secondary N) is 2. The van der Waals surface area contributed by atoms with Crippen molar-refractivity contribution in [3.05, 3.63) is 23.4 Å². The standard InChI is InChI=1S/C9H13N3O2/c1-2-11-8-5-6(13)3-4-7(8)9(14)12-10/h3-4,11H,2,5,10H2,1H3,(H,12,14). The Bertz CT molecular complexity index is 318. The number of carbonyl (C=O) groups is 2. The molecule has 0 heterocycles. The van der Waals surface area contributed by atoms with Gasteiger partial charge in [-0.25, -0.2) is 5.84 Å². The van der Waals surface area contributed by atoms with Gasteiger partial charge in [-0.15, -0.1) is 0 Å². The van der Waals surface area contributed by atoms with Crippen LogP contribution in [0.15, 0.2) is 23.4 Å². The summed E-state index contributed by atoms with van der Waals surface area (Å²) < 4.78 is 0. The Kier molecular flexibility index (Phi) is 3.41. The maximum atomic E-state index is 11.3. The zero-order valence-electron chi connectivity index (χ0n) is 7.96. The van der Waals surface area contributed by atoms with Crippen LogP contribution in [0.25, 0.3) is 0 Å². The molecule has 5 heteroatoms. The smallest absolute Gasteiger partial charge is 0.266 e. The van der Waals surface area contributed by atoms with Crippen LogP contribution < -0.4 is 16.6 Å². The second kappa shape index (κ2) is 4.57. The van der Waals surface area contributed by atoms with E-state index in [1.165, 1.54) is 12.2 Å². The topological polar surface area (TPSA) is 84.2 Å². The van der Waals surface area contributed by atoms with E-state index in [1.54, 1.807) is 0 Å². The minimum Gasteiger partial charge on any atom is -0.388 e. The lowest BCUT2D eigenvalue weighted by Crippen LogP contribution is -2.34. The van der Waals surface area contributed by atoms with E-state index < -0.39 is 0 Å². The Morgan fingerprint density at radius 2 is 2.29 bits per heavy atom. The molecule has 5 nitrogen and oxygen atoms in total. The molecule has 0 aromatic rings. The molecule has 0 bridgehead atoms. The van der Waals surface area contributed by atoms with Crippen LogP contribution in [0.2, 0.25) is 0 Å². The molecule has 0 unspecified atom stereocenters. The zero-order valence-corrected chi connectivity index (χ0v) is 7.96. The number of nitrogens with two attached hydrogens (primary N) is 1. The predicted molar refractivity (Wildman–Crippen MR) is 51.8 cm³/mol. The molecular weight excluding hydrogens is 182 g/mol. The lowest BCUT2D eigenvalue weighted by Gasteiger charge is -2.14. The molecule has 0 aromatic carbocycles. The summed E-state index contributed by atoms with van der Waals surface area (Å²) >= 11 is 0. The molecule has 14 heavy (non-hydrogen) atoms. The van der Waals surface area contributed by atoms with Crippen LogP contribution in [0.5, 0.6) is 0 Å². The van der Waals surface area contributed by atoms with Crippen molar-refractivity contribution in [2.24, 2.45) is 5.84 Å². The number of carbonyl (C=O) groups excluding carboxylic acids is 2. The molecule has 4 N–H and O–H groups in total. The molecule has 1 aliphatic carbocycles. The van der Waals surface area contributed by atoms with Gasteiger partial charge < -0.3 is 5.32 Å². The summed E-state index contributed by atoms with van der Waals surface area (Å²) in [7, 11) is 0. The number of rotatable bonds is 3. The molecule has 0 fully saturated rings. The minimum absolute atomic E-state index is 0.0190. The van der Waals surface area contributed by atoms with Gasteiger partial charge in [0.1, 0.15) is 0 Å². The average Bonchev–Trinajstić information content (AvgIpc) is 2.17. The van der Waals surface area contributed by atoms with Crippen molar-refractivity contribution in [1.82, 2.24) is 10.7 Å². The first-order valence-electron chi connectivity index (χ1n) is 4.38. The average molecular weight is 195 g/mol. The molecule has 0 radical (unpaired) electrons. The van der Waals surface area contributed by atoms with Crippen molar-refractivity contribution < 1.29 is 9.59 Å².